The Kier molecular flexibility index (Phi) is 63.5. The van der Waals surface area contributed by atoms with Gasteiger partial charge in [0, 0.05) is 6.42 Å². The lowest BCUT2D eigenvalue weighted by molar-refractivity contribution is -0.379. The van der Waals surface area contributed by atoms with Crippen LogP contribution in [0.1, 0.15) is 296 Å². The second-order valence-corrected chi connectivity index (χ2v) is 30.2. The second kappa shape index (κ2) is 69.9. The Bertz CT molecular complexity index is 2580. The van der Waals surface area contributed by atoms with Gasteiger partial charge >= 0.3 is 0 Å². The van der Waals surface area contributed by atoms with Crippen molar-refractivity contribution in [3.8, 4) is 0 Å². The van der Waals surface area contributed by atoms with Gasteiger partial charge in [0.25, 0.3) is 0 Å². The Balaban J connectivity index is 1.38. The van der Waals surface area contributed by atoms with Gasteiger partial charge in [0.2, 0.25) is 5.91 Å². The average molecular weight is 1560 g/mol. The van der Waals surface area contributed by atoms with E-state index < -0.39 is 124 Å². The van der Waals surface area contributed by atoms with Gasteiger partial charge in [-0.15, -0.1) is 0 Å². The molecule has 0 aliphatic carbocycles. The van der Waals surface area contributed by atoms with Crippen molar-refractivity contribution in [3.63, 3.8) is 0 Å². The highest BCUT2D eigenvalue weighted by Gasteiger charge is 2.54. The van der Waals surface area contributed by atoms with Gasteiger partial charge in [0.15, 0.2) is 18.9 Å². The molecule has 0 aromatic carbocycles. The standard InChI is InChI=1S/C92H155NO18/c1-3-5-7-9-11-13-15-17-19-21-23-25-27-29-31-33-35-36-37-38-40-42-44-46-48-50-52-54-56-58-60-62-64-66-68-70-80(98)93-75(76(97)69-67-65-63-61-59-57-55-53-51-49-47-45-43-41-39-34-32-30-28-26-24-22-20-18-16-14-12-10-8-6-4-2)74-106-90-86(104)83(101)88(78(72-95)108-90)111-92-87(105)84(102)89(79(73-96)109-92)110-91-85(103)82(100)81(99)77(71-94)107-91/h5,7,11,13,17,19,23,25,29,31,35-36,38,40,44,46,50-53,59,61,67,69,75-79,81-92,94-97,99-105H,3-4,6,8-10,12,14-16,18,20-22,24,26-28,30,32-34,37,39,41-43,45,47-49,54-58,60,62-66,68,70-74H2,1-2H3,(H,93,98)/b7-5-,13-11-,19-17-,25-23-,31-29-,36-35-,40-38-,46-44-,52-50-,53-51+,61-59+,69-67+. The van der Waals surface area contributed by atoms with Crippen LogP contribution in [-0.2, 0) is 33.2 Å². The Hall–Kier alpha value is -4.33. The van der Waals surface area contributed by atoms with Gasteiger partial charge in [-0.2, -0.15) is 0 Å². The molecule has 3 fully saturated rings. The molecule has 0 aromatic heterocycles. The normalized spacial score (nSPS) is 25.8. The smallest absolute Gasteiger partial charge is 0.220 e. The Morgan fingerprint density at radius 2 is 0.631 bits per heavy atom. The molecule has 636 valence electrons. The summed E-state index contributed by atoms with van der Waals surface area (Å²) in [5.41, 5.74) is 0. The van der Waals surface area contributed by atoms with Crippen LogP contribution in [0, 0.1) is 0 Å². The van der Waals surface area contributed by atoms with E-state index in [1.165, 1.54) is 135 Å². The molecule has 0 radical (unpaired) electrons. The predicted molar refractivity (Wildman–Crippen MR) is 447 cm³/mol. The lowest BCUT2D eigenvalue weighted by atomic mass is 9.96. The number of hydrogen-bond acceptors (Lipinski definition) is 18. The highest BCUT2D eigenvalue weighted by molar-refractivity contribution is 5.76. The van der Waals surface area contributed by atoms with Crippen LogP contribution in [0.15, 0.2) is 146 Å². The number of aliphatic hydroxyl groups is 11. The molecule has 0 saturated carbocycles. The van der Waals surface area contributed by atoms with E-state index in [4.69, 9.17) is 28.4 Å². The van der Waals surface area contributed by atoms with Gasteiger partial charge < -0.3 is 89.9 Å². The first-order chi connectivity index (χ1) is 54.3. The molecule has 1 amide bonds. The minimum Gasteiger partial charge on any atom is -0.394 e. The fourth-order valence-corrected chi connectivity index (χ4v) is 13.7. The maximum absolute atomic E-state index is 13.5. The Morgan fingerprint density at radius 3 is 1.01 bits per heavy atom. The van der Waals surface area contributed by atoms with Gasteiger partial charge in [-0.1, -0.05) is 320 Å². The van der Waals surface area contributed by atoms with Crippen LogP contribution < -0.4 is 5.32 Å². The minimum atomic E-state index is -1.99. The minimum absolute atomic E-state index is 0.209. The number of ether oxygens (including phenoxy) is 6. The van der Waals surface area contributed by atoms with Crippen molar-refractivity contribution < 1.29 is 89.4 Å². The fraction of sp³-hybridized carbons (Fsp3) is 0.728. The van der Waals surface area contributed by atoms with E-state index in [1.807, 2.05) is 6.08 Å². The molecule has 19 nitrogen and oxygen atoms in total. The quantitative estimate of drug-likeness (QED) is 0.0199. The third-order valence-corrected chi connectivity index (χ3v) is 20.6. The van der Waals surface area contributed by atoms with E-state index in [9.17, 15) is 61.0 Å². The van der Waals surface area contributed by atoms with Crippen LogP contribution in [0.3, 0.4) is 0 Å². The number of rotatable bonds is 68. The highest BCUT2D eigenvalue weighted by Crippen LogP contribution is 2.33. The van der Waals surface area contributed by atoms with Crippen LogP contribution in [0.5, 0.6) is 0 Å². The third-order valence-electron chi connectivity index (χ3n) is 20.6. The van der Waals surface area contributed by atoms with Crippen LogP contribution in [-0.4, -0.2) is 193 Å². The first-order valence-corrected chi connectivity index (χ1v) is 43.6. The van der Waals surface area contributed by atoms with Crippen molar-refractivity contribution in [2.45, 2.75) is 401 Å². The molecule has 0 bridgehead atoms. The van der Waals surface area contributed by atoms with Crippen molar-refractivity contribution in [3.05, 3.63) is 146 Å². The molecule has 3 rings (SSSR count). The summed E-state index contributed by atoms with van der Waals surface area (Å²) in [7, 11) is 0. The molecule has 12 N–H and O–H groups in total. The number of nitrogens with one attached hydrogen (secondary N) is 1. The predicted octanol–water partition coefficient (Wildman–Crippen LogP) is 16.2. The van der Waals surface area contributed by atoms with E-state index >= 15 is 0 Å². The number of allylic oxidation sites excluding steroid dienone is 23. The highest BCUT2D eigenvalue weighted by atomic mass is 16.8. The molecule has 3 heterocycles. The van der Waals surface area contributed by atoms with Crippen LogP contribution in [0.25, 0.3) is 0 Å². The molecule has 111 heavy (non-hydrogen) atoms. The van der Waals surface area contributed by atoms with Gasteiger partial charge in [0.1, 0.15) is 73.2 Å². The maximum atomic E-state index is 13.5. The third kappa shape index (κ3) is 48.7. The summed E-state index contributed by atoms with van der Waals surface area (Å²) < 4.78 is 34.5. The van der Waals surface area contributed by atoms with Gasteiger partial charge in [0.05, 0.1) is 38.6 Å². The van der Waals surface area contributed by atoms with Crippen LogP contribution >= 0.6 is 0 Å². The number of amides is 1. The van der Waals surface area contributed by atoms with Gasteiger partial charge in [-0.05, 0) is 116 Å². The van der Waals surface area contributed by atoms with Crippen molar-refractivity contribution >= 4 is 5.91 Å². The summed E-state index contributed by atoms with van der Waals surface area (Å²) >= 11 is 0. The SMILES string of the molecule is CC/C=C\C/C=C\C/C=C\C/C=C\C/C=C\C/C=C\C/C=C\C/C=C\C/C=C\CCCCCCCCCC(=O)NC(COC1OC(CO)C(OC2OC(CO)C(OC3OC(CO)C(O)C(O)C3O)C(O)C2O)C(O)C1O)C(O)/C=C/CC/C=C/CC/C=C/CCCCCCCCCCCCCCCCCCCCCCC. The van der Waals surface area contributed by atoms with E-state index in [1.54, 1.807) is 6.08 Å². The fourth-order valence-electron chi connectivity index (χ4n) is 13.7. The number of carbonyl (C=O) groups is 1. The van der Waals surface area contributed by atoms with Gasteiger partial charge in [-0.3, -0.25) is 4.79 Å². The molecular weight excluding hydrogens is 1410 g/mol. The van der Waals surface area contributed by atoms with Crippen molar-refractivity contribution in [1.82, 2.24) is 5.32 Å². The molecule has 17 atom stereocenters. The maximum Gasteiger partial charge on any atom is 0.220 e. The second-order valence-electron chi connectivity index (χ2n) is 30.2. The van der Waals surface area contributed by atoms with E-state index in [2.05, 4.69) is 153 Å². The summed E-state index contributed by atoms with van der Waals surface area (Å²) in [6.07, 6.45) is 75.5. The number of carbonyl (C=O) groups excluding carboxylic acids is 1. The van der Waals surface area contributed by atoms with Crippen LogP contribution in [0.2, 0.25) is 0 Å². The molecule has 3 aliphatic heterocycles. The monoisotopic (exact) mass is 1560 g/mol. The summed E-state index contributed by atoms with van der Waals surface area (Å²) in [5, 5.41) is 121. The van der Waals surface area contributed by atoms with E-state index in [-0.39, 0.29) is 18.9 Å². The molecular formula is C92H155NO18. The first-order valence-electron chi connectivity index (χ1n) is 43.6. The number of hydrogen-bond donors (Lipinski definition) is 12. The topological polar surface area (TPSA) is 307 Å². The zero-order valence-electron chi connectivity index (χ0n) is 68.4. The van der Waals surface area contributed by atoms with E-state index in [0.717, 1.165) is 128 Å². The molecule has 0 aromatic rings. The number of unbranched alkanes of at least 4 members (excludes halogenated alkanes) is 30. The van der Waals surface area contributed by atoms with Crippen molar-refractivity contribution in [2.24, 2.45) is 0 Å². The molecule has 3 saturated heterocycles. The molecule has 3 aliphatic rings. The van der Waals surface area contributed by atoms with Crippen LogP contribution in [0.4, 0.5) is 0 Å². The van der Waals surface area contributed by atoms with Crippen molar-refractivity contribution in [2.75, 3.05) is 26.4 Å². The summed E-state index contributed by atoms with van der Waals surface area (Å²) in [6.45, 7) is 1.60. The van der Waals surface area contributed by atoms with E-state index in [0.29, 0.717) is 12.8 Å². The number of aliphatic hydroxyl groups excluding tert-OH is 11. The molecule has 0 spiro atoms. The first kappa shape index (κ1) is 101. The summed E-state index contributed by atoms with van der Waals surface area (Å²) in [5.74, 6) is -0.305. The lowest BCUT2D eigenvalue weighted by Crippen LogP contribution is -2.66. The lowest BCUT2D eigenvalue weighted by Gasteiger charge is -2.48. The zero-order valence-corrected chi connectivity index (χ0v) is 68.4. The Labute approximate surface area is 670 Å². The largest absolute Gasteiger partial charge is 0.394 e. The van der Waals surface area contributed by atoms with Gasteiger partial charge in [-0.25, -0.2) is 0 Å². The zero-order chi connectivity index (χ0) is 80.3. The Morgan fingerprint density at radius 1 is 0.333 bits per heavy atom. The van der Waals surface area contributed by atoms with Crippen molar-refractivity contribution in [1.29, 1.82) is 0 Å². The molecule has 17 unspecified atom stereocenters. The average Bonchev–Trinajstić information content (AvgIpc) is 0.780. The summed E-state index contributed by atoms with van der Waals surface area (Å²) in [4.78, 5) is 13.5. The summed E-state index contributed by atoms with van der Waals surface area (Å²) in [6, 6.07) is -1.02. The molecule has 19 heteroatoms.